The Kier molecular flexibility index (Phi) is 3.78. The van der Waals surface area contributed by atoms with Gasteiger partial charge in [0, 0.05) is 9.86 Å². The van der Waals surface area contributed by atoms with E-state index in [9.17, 15) is 9.59 Å². The van der Waals surface area contributed by atoms with Crippen LogP contribution in [0.2, 0.25) is 0 Å². The highest BCUT2D eigenvalue weighted by molar-refractivity contribution is 9.10. The third-order valence-corrected chi connectivity index (χ3v) is 5.87. The van der Waals surface area contributed by atoms with E-state index in [4.69, 9.17) is 4.84 Å². The van der Waals surface area contributed by atoms with Gasteiger partial charge in [-0.1, -0.05) is 34.1 Å². The molecule has 1 aliphatic heterocycles. The van der Waals surface area contributed by atoms with Crippen LogP contribution in [0.1, 0.15) is 25.7 Å². The molecule has 0 saturated heterocycles. The molecule has 3 heterocycles. The SMILES string of the molecule is O=C1c2ccccc2C(=O)N1OCc1nc2cnc3cc(Br)ccc3c2s1. The van der Waals surface area contributed by atoms with Crippen molar-refractivity contribution in [3.63, 3.8) is 0 Å². The quantitative estimate of drug-likeness (QED) is 0.444. The van der Waals surface area contributed by atoms with Crippen LogP contribution in [-0.4, -0.2) is 26.8 Å². The minimum absolute atomic E-state index is 0.0306. The van der Waals surface area contributed by atoms with Crippen LogP contribution < -0.4 is 0 Å². The van der Waals surface area contributed by atoms with Crippen molar-refractivity contribution < 1.29 is 14.4 Å². The Morgan fingerprint density at radius 3 is 2.52 bits per heavy atom. The molecule has 27 heavy (non-hydrogen) atoms. The van der Waals surface area contributed by atoms with Gasteiger partial charge in [0.2, 0.25) is 0 Å². The first-order valence-electron chi connectivity index (χ1n) is 8.06. The summed E-state index contributed by atoms with van der Waals surface area (Å²) in [7, 11) is 0. The van der Waals surface area contributed by atoms with Gasteiger partial charge in [-0.15, -0.1) is 16.4 Å². The lowest BCUT2D eigenvalue weighted by atomic mass is 10.1. The average Bonchev–Trinajstić information content (AvgIpc) is 3.20. The Bertz CT molecular complexity index is 1220. The first-order chi connectivity index (χ1) is 13.1. The normalized spacial score (nSPS) is 13.7. The van der Waals surface area contributed by atoms with Gasteiger partial charge in [0.15, 0.2) is 0 Å². The third kappa shape index (κ3) is 2.64. The number of fused-ring (bicyclic) bond motifs is 4. The zero-order valence-corrected chi connectivity index (χ0v) is 16.1. The molecule has 5 rings (SSSR count). The second-order valence-corrected chi connectivity index (χ2v) is 7.96. The van der Waals surface area contributed by atoms with Gasteiger partial charge in [0.05, 0.1) is 27.5 Å². The number of aromatic nitrogens is 2. The first kappa shape index (κ1) is 16.5. The minimum Gasteiger partial charge on any atom is -0.266 e. The van der Waals surface area contributed by atoms with Crippen molar-refractivity contribution in [2.75, 3.05) is 0 Å². The molecule has 0 fully saturated rings. The molecule has 0 radical (unpaired) electrons. The van der Waals surface area contributed by atoms with Gasteiger partial charge in [-0.3, -0.25) is 19.4 Å². The lowest BCUT2D eigenvalue weighted by Crippen LogP contribution is -2.29. The maximum atomic E-state index is 12.4. The molecular formula is C19H10BrN3O3S. The summed E-state index contributed by atoms with van der Waals surface area (Å²) < 4.78 is 1.95. The van der Waals surface area contributed by atoms with E-state index in [0.717, 1.165) is 30.7 Å². The van der Waals surface area contributed by atoms with Gasteiger partial charge in [0.25, 0.3) is 11.8 Å². The summed E-state index contributed by atoms with van der Waals surface area (Å²) in [6.07, 6.45) is 1.71. The number of imide groups is 1. The largest absolute Gasteiger partial charge is 0.285 e. The summed E-state index contributed by atoms with van der Waals surface area (Å²) >= 11 is 4.91. The molecule has 0 N–H and O–H groups in total. The number of carbonyl (C=O) groups is 2. The fourth-order valence-corrected chi connectivity index (χ4v) is 4.38. The third-order valence-electron chi connectivity index (χ3n) is 4.30. The van der Waals surface area contributed by atoms with E-state index in [1.54, 1.807) is 30.5 Å². The molecule has 2 aromatic carbocycles. The molecule has 4 aromatic rings. The molecule has 132 valence electrons. The van der Waals surface area contributed by atoms with Crippen LogP contribution in [0.5, 0.6) is 0 Å². The first-order valence-corrected chi connectivity index (χ1v) is 9.67. The number of amides is 2. The average molecular weight is 440 g/mol. The van der Waals surface area contributed by atoms with Crippen LogP contribution in [0, 0.1) is 0 Å². The monoisotopic (exact) mass is 439 g/mol. The van der Waals surface area contributed by atoms with Gasteiger partial charge in [-0.2, -0.15) is 0 Å². The molecule has 0 saturated carbocycles. The summed E-state index contributed by atoms with van der Waals surface area (Å²) in [4.78, 5) is 39.2. The standard InChI is InChI=1S/C19H10BrN3O3S/c20-10-5-6-13-14(7-10)21-8-15-17(13)27-16(22-15)9-26-23-18(24)11-3-1-2-4-12(11)19(23)25/h1-8H,9H2. The fourth-order valence-electron chi connectivity index (χ4n) is 3.06. The van der Waals surface area contributed by atoms with Crippen molar-refractivity contribution in [2.45, 2.75) is 6.61 Å². The number of carbonyl (C=O) groups excluding carboxylic acids is 2. The van der Waals surface area contributed by atoms with Gasteiger partial charge >= 0.3 is 0 Å². The highest BCUT2D eigenvalue weighted by Gasteiger charge is 2.36. The summed E-state index contributed by atoms with van der Waals surface area (Å²) in [5.74, 6) is -0.901. The second-order valence-electron chi connectivity index (χ2n) is 5.97. The molecule has 0 aliphatic carbocycles. The van der Waals surface area contributed by atoms with E-state index in [0.29, 0.717) is 16.1 Å². The number of rotatable bonds is 3. The van der Waals surface area contributed by atoms with Crippen LogP contribution in [0.4, 0.5) is 0 Å². The van der Waals surface area contributed by atoms with Crippen molar-refractivity contribution in [3.05, 3.63) is 69.3 Å². The number of hydrogen-bond donors (Lipinski definition) is 0. The Morgan fingerprint density at radius 1 is 1.04 bits per heavy atom. The van der Waals surface area contributed by atoms with Gasteiger partial charge in [-0.25, -0.2) is 4.98 Å². The number of thiazole rings is 1. The van der Waals surface area contributed by atoms with E-state index in [-0.39, 0.29) is 6.61 Å². The maximum Gasteiger partial charge on any atom is 0.285 e. The van der Waals surface area contributed by atoms with Crippen LogP contribution in [0.3, 0.4) is 0 Å². The van der Waals surface area contributed by atoms with Gasteiger partial charge < -0.3 is 0 Å². The number of hydrogen-bond acceptors (Lipinski definition) is 6. The number of pyridine rings is 1. The predicted molar refractivity (Wildman–Crippen MR) is 104 cm³/mol. The molecular weight excluding hydrogens is 430 g/mol. The Balaban J connectivity index is 1.43. The smallest absolute Gasteiger partial charge is 0.266 e. The van der Waals surface area contributed by atoms with Crippen molar-refractivity contribution in [2.24, 2.45) is 0 Å². The predicted octanol–water partition coefficient (Wildman–Crippen LogP) is 4.33. The lowest BCUT2D eigenvalue weighted by Gasteiger charge is -2.11. The van der Waals surface area contributed by atoms with E-state index in [1.807, 2.05) is 18.2 Å². The number of benzene rings is 2. The Labute approximate surface area is 165 Å². The minimum atomic E-state index is -0.450. The maximum absolute atomic E-state index is 12.4. The van der Waals surface area contributed by atoms with E-state index in [2.05, 4.69) is 25.9 Å². The molecule has 2 aromatic heterocycles. The van der Waals surface area contributed by atoms with Gasteiger partial charge in [-0.05, 0) is 24.3 Å². The summed E-state index contributed by atoms with van der Waals surface area (Å²) in [5.41, 5.74) is 2.34. The highest BCUT2D eigenvalue weighted by atomic mass is 79.9. The highest BCUT2D eigenvalue weighted by Crippen LogP contribution is 2.31. The molecule has 8 heteroatoms. The molecule has 0 bridgehead atoms. The molecule has 0 atom stereocenters. The number of nitrogens with zero attached hydrogens (tertiary/aromatic N) is 3. The molecule has 1 aliphatic rings. The molecule has 2 amide bonds. The zero-order valence-electron chi connectivity index (χ0n) is 13.7. The Morgan fingerprint density at radius 2 is 1.78 bits per heavy atom. The lowest BCUT2D eigenvalue weighted by molar-refractivity contribution is -0.101. The summed E-state index contributed by atoms with van der Waals surface area (Å²) in [5, 5.41) is 2.48. The van der Waals surface area contributed by atoms with Crippen LogP contribution >= 0.6 is 27.3 Å². The van der Waals surface area contributed by atoms with E-state index >= 15 is 0 Å². The number of hydroxylamine groups is 2. The van der Waals surface area contributed by atoms with Gasteiger partial charge in [0.1, 0.15) is 17.1 Å². The molecule has 0 spiro atoms. The van der Waals surface area contributed by atoms with Crippen molar-refractivity contribution in [3.8, 4) is 0 Å². The Hall–Kier alpha value is -2.68. The van der Waals surface area contributed by atoms with Crippen molar-refractivity contribution in [1.82, 2.24) is 15.0 Å². The van der Waals surface area contributed by atoms with Crippen molar-refractivity contribution >= 4 is 60.2 Å². The van der Waals surface area contributed by atoms with E-state index in [1.165, 1.54) is 11.3 Å². The summed E-state index contributed by atoms with van der Waals surface area (Å²) in [6.45, 7) is 0.0306. The van der Waals surface area contributed by atoms with Crippen molar-refractivity contribution in [1.29, 1.82) is 0 Å². The summed E-state index contributed by atoms with van der Waals surface area (Å²) in [6, 6.07) is 12.6. The van der Waals surface area contributed by atoms with Crippen LogP contribution in [-0.2, 0) is 11.4 Å². The number of halogens is 1. The molecule has 0 unspecified atom stereocenters. The second kappa shape index (κ2) is 6.19. The van der Waals surface area contributed by atoms with Crippen LogP contribution in [0.25, 0.3) is 21.1 Å². The fraction of sp³-hybridized carbons (Fsp3) is 0.0526. The molecule has 6 nitrogen and oxygen atoms in total. The topological polar surface area (TPSA) is 72.4 Å². The van der Waals surface area contributed by atoms with E-state index < -0.39 is 11.8 Å². The zero-order chi connectivity index (χ0) is 18.5. The van der Waals surface area contributed by atoms with Crippen LogP contribution in [0.15, 0.2) is 53.1 Å².